The average Bonchev–Trinajstić information content (AvgIpc) is 2.73. The first-order chi connectivity index (χ1) is 14.5. The smallest absolute Gasteiger partial charge is 0.744 e. The number of aryl methyl sites for hydroxylation is 1. The average molecular weight is 471 g/mol. The summed E-state index contributed by atoms with van der Waals surface area (Å²) in [4.78, 5) is -0.164. The van der Waals surface area contributed by atoms with Crippen LogP contribution in [0.4, 0.5) is 0 Å². The maximum atomic E-state index is 11.7. The molecule has 0 fully saturated rings. The van der Waals surface area contributed by atoms with Gasteiger partial charge in [-0.3, -0.25) is 0 Å². The van der Waals surface area contributed by atoms with Gasteiger partial charge in [0.25, 0.3) is 0 Å². The molecule has 0 radical (unpaired) electrons. The molecule has 0 spiro atoms. The molecule has 2 aromatic rings. The summed E-state index contributed by atoms with van der Waals surface area (Å²) >= 11 is 0. The number of para-hydroxylation sites is 1. The number of hydrogen-bond donors (Lipinski definition) is 0. The first kappa shape index (κ1) is 28.8. The first-order valence-electron chi connectivity index (χ1n) is 11.3. The van der Waals surface area contributed by atoms with E-state index in [2.05, 4.69) is 6.92 Å². The largest absolute Gasteiger partial charge is 1.00 e. The zero-order chi connectivity index (χ0) is 21.7. The molecule has 0 aliphatic rings. The van der Waals surface area contributed by atoms with Crippen molar-refractivity contribution in [2.24, 2.45) is 0 Å². The van der Waals surface area contributed by atoms with Crippen molar-refractivity contribution in [1.29, 1.82) is 0 Å². The van der Waals surface area contributed by atoms with Gasteiger partial charge in [0.05, 0.1) is 4.90 Å². The molecule has 2 aromatic carbocycles. The molecule has 0 saturated heterocycles. The molecule has 31 heavy (non-hydrogen) atoms. The van der Waals surface area contributed by atoms with Gasteiger partial charge in [-0.05, 0) is 42.7 Å². The molecule has 0 aliphatic heterocycles. The molecule has 0 aliphatic carbocycles. The van der Waals surface area contributed by atoms with Gasteiger partial charge in [0, 0.05) is 0 Å². The summed E-state index contributed by atoms with van der Waals surface area (Å²) in [5.74, 6) is 0.961. The Balaban J connectivity index is 0.00000480. The molecule has 0 amide bonds. The Labute approximate surface area is 231 Å². The summed E-state index contributed by atoms with van der Waals surface area (Å²) in [6.45, 7) is 2.24. The van der Waals surface area contributed by atoms with Crippen LogP contribution in [0.25, 0.3) is 0 Å². The van der Waals surface area contributed by atoms with Gasteiger partial charge in [-0.25, -0.2) is 8.42 Å². The minimum absolute atomic E-state index is 0. The fourth-order valence-corrected chi connectivity index (χ4v) is 4.39. The van der Waals surface area contributed by atoms with E-state index in [-0.39, 0.29) is 56.3 Å². The zero-order valence-electron chi connectivity index (χ0n) is 19.1. The van der Waals surface area contributed by atoms with Crippen molar-refractivity contribution < 1.29 is 69.1 Å². The van der Waals surface area contributed by atoms with Gasteiger partial charge in [-0.15, -0.1) is 0 Å². The minimum Gasteiger partial charge on any atom is -0.744 e. The van der Waals surface area contributed by atoms with E-state index >= 15 is 0 Å². The standard InChI is InChI=1S/C25H36O4S.K/c1-2-3-4-5-6-7-8-9-10-11-13-16-22-19-20-24(21-25(22)30(26,27)28)29-23-17-14-12-15-18-23;/h12,14-15,17-21H,2-11,13,16H2,1H3,(H,26,27,28);/q;+1/p-1. The summed E-state index contributed by atoms with van der Waals surface area (Å²) in [5.41, 5.74) is 0.585. The second kappa shape index (κ2) is 16.4. The third-order valence-corrected chi connectivity index (χ3v) is 6.26. The van der Waals surface area contributed by atoms with Crippen LogP contribution in [-0.2, 0) is 16.5 Å². The summed E-state index contributed by atoms with van der Waals surface area (Å²) in [7, 11) is -4.54. The monoisotopic (exact) mass is 470 g/mol. The van der Waals surface area contributed by atoms with E-state index in [0.29, 0.717) is 23.5 Å². The van der Waals surface area contributed by atoms with Crippen LogP contribution in [-0.4, -0.2) is 13.0 Å². The molecule has 0 heterocycles. The van der Waals surface area contributed by atoms with Gasteiger partial charge in [0.1, 0.15) is 21.6 Å². The van der Waals surface area contributed by atoms with Crippen molar-refractivity contribution in [3.05, 3.63) is 54.1 Å². The molecule has 0 N–H and O–H groups in total. The van der Waals surface area contributed by atoms with Gasteiger partial charge in [-0.1, -0.05) is 95.4 Å². The van der Waals surface area contributed by atoms with Crippen LogP contribution in [0.1, 0.15) is 83.1 Å². The van der Waals surface area contributed by atoms with Crippen molar-refractivity contribution >= 4 is 10.1 Å². The summed E-state index contributed by atoms with van der Waals surface area (Å²) in [6.07, 6.45) is 14.2. The Bertz CT molecular complexity index is 838. The van der Waals surface area contributed by atoms with Crippen LogP contribution in [0.5, 0.6) is 11.5 Å². The van der Waals surface area contributed by atoms with E-state index in [1.807, 2.05) is 18.2 Å². The fourth-order valence-electron chi connectivity index (χ4n) is 3.64. The van der Waals surface area contributed by atoms with E-state index in [1.54, 1.807) is 24.3 Å². The Morgan fingerprint density at radius 2 is 1.29 bits per heavy atom. The van der Waals surface area contributed by atoms with Crippen molar-refractivity contribution in [2.75, 3.05) is 0 Å². The SMILES string of the molecule is CCCCCCCCCCCCCc1ccc(Oc2ccccc2)cc1S(=O)(=O)[O-].[K+]. The number of rotatable bonds is 15. The molecule has 0 atom stereocenters. The Morgan fingerprint density at radius 1 is 0.742 bits per heavy atom. The molecule has 166 valence electrons. The van der Waals surface area contributed by atoms with Gasteiger partial charge in [0.15, 0.2) is 0 Å². The predicted molar refractivity (Wildman–Crippen MR) is 121 cm³/mol. The number of unbranched alkanes of at least 4 members (excludes halogenated alkanes) is 10. The maximum absolute atomic E-state index is 11.7. The molecule has 6 heteroatoms. The van der Waals surface area contributed by atoms with E-state index in [1.165, 1.54) is 57.4 Å². The predicted octanol–water partition coefficient (Wildman–Crippen LogP) is 4.24. The molecule has 0 aromatic heterocycles. The summed E-state index contributed by atoms with van der Waals surface area (Å²) < 4.78 is 40.9. The molecule has 0 saturated carbocycles. The van der Waals surface area contributed by atoms with Gasteiger partial charge in [0.2, 0.25) is 0 Å². The molecule has 2 rings (SSSR count). The fraction of sp³-hybridized carbons (Fsp3) is 0.520. The quantitative estimate of drug-likeness (QED) is 0.222. The molecular formula is C25H35KO4S. The van der Waals surface area contributed by atoms with Crippen LogP contribution < -0.4 is 56.1 Å². The van der Waals surface area contributed by atoms with E-state index in [9.17, 15) is 13.0 Å². The van der Waals surface area contributed by atoms with Crippen molar-refractivity contribution in [2.45, 2.75) is 88.9 Å². The maximum Gasteiger partial charge on any atom is 1.00 e. The minimum atomic E-state index is -4.54. The first-order valence-corrected chi connectivity index (χ1v) is 12.7. The van der Waals surface area contributed by atoms with Crippen LogP contribution in [0.15, 0.2) is 53.4 Å². The summed E-state index contributed by atoms with van der Waals surface area (Å²) in [6, 6.07) is 13.9. The van der Waals surface area contributed by atoms with Gasteiger partial charge >= 0.3 is 51.4 Å². The Morgan fingerprint density at radius 3 is 1.84 bits per heavy atom. The van der Waals surface area contributed by atoms with Crippen LogP contribution >= 0.6 is 0 Å². The van der Waals surface area contributed by atoms with E-state index < -0.39 is 10.1 Å². The second-order valence-electron chi connectivity index (χ2n) is 7.92. The summed E-state index contributed by atoms with van der Waals surface area (Å²) in [5, 5.41) is 0. The van der Waals surface area contributed by atoms with Crippen molar-refractivity contribution in [3.63, 3.8) is 0 Å². The van der Waals surface area contributed by atoms with Crippen LogP contribution in [0.2, 0.25) is 0 Å². The Kier molecular flexibility index (Phi) is 15.3. The third-order valence-electron chi connectivity index (χ3n) is 5.34. The Hall–Kier alpha value is -0.214. The number of hydrogen-bond acceptors (Lipinski definition) is 4. The van der Waals surface area contributed by atoms with Gasteiger partial charge in [-0.2, -0.15) is 0 Å². The third kappa shape index (κ3) is 12.0. The van der Waals surface area contributed by atoms with E-state index in [0.717, 1.165) is 19.3 Å². The molecular weight excluding hydrogens is 435 g/mol. The molecule has 0 bridgehead atoms. The topological polar surface area (TPSA) is 66.4 Å². The van der Waals surface area contributed by atoms with Crippen LogP contribution in [0, 0.1) is 0 Å². The molecule has 4 nitrogen and oxygen atoms in total. The van der Waals surface area contributed by atoms with Gasteiger partial charge < -0.3 is 9.29 Å². The van der Waals surface area contributed by atoms with E-state index in [4.69, 9.17) is 4.74 Å². The van der Waals surface area contributed by atoms with Crippen molar-refractivity contribution in [3.8, 4) is 11.5 Å². The van der Waals surface area contributed by atoms with Crippen LogP contribution in [0.3, 0.4) is 0 Å². The number of benzene rings is 2. The zero-order valence-corrected chi connectivity index (χ0v) is 23.1. The molecule has 0 unspecified atom stereocenters. The van der Waals surface area contributed by atoms with Crippen molar-refractivity contribution in [1.82, 2.24) is 0 Å². The second-order valence-corrected chi connectivity index (χ2v) is 9.27. The number of ether oxygens (including phenoxy) is 1. The normalized spacial score (nSPS) is 11.2.